The summed E-state index contributed by atoms with van der Waals surface area (Å²) in [5.41, 5.74) is -0.321. The van der Waals surface area contributed by atoms with E-state index >= 15 is 0 Å². The highest BCUT2D eigenvalue weighted by Crippen LogP contribution is 2.32. The van der Waals surface area contributed by atoms with E-state index < -0.39 is 10.5 Å². The van der Waals surface area contributed by atoms with Gasteiger partial charge in [-0.25, -0.2) is 9.78 Å². The minimum absolute atomic E-state index is 0.0210. The van der Waals surface area contributed by atoms with Crippen molar-refractivity contribution in [2.75, 3.05) is 25.0 Å². The lowest BCUT2D eigenvalue weighted by Crippen LogP contribution is -2.57. The molecule has 182 valence electrons. The molecule has 1 atom stereocenters. The van der Waals surface area contributed by atoms with Crippen molar-refractivity contribution in [3.05, 3.63) is 27.5 Å². The number of ether oxygens (including phenoxy) is 1. The number of nitrogens with zero attached hydrogens (tertiary/aromatic N) is 4. The van der Waals surface area contributed by atoms with Gasteiger partial charge in [0.05, 0.1) is 4.92 Å². The molecule has 0 spiro atoms. The topological polar surface area (TPSA) is 118 Å². The molecule has 2 aliphatic rings. The molecule has 1 aromatic rings. The fourth-order valence-electron chi connectivity index (χ4n) is 4.40. The summed E-state index contributed by atoms with van der Waals surface area (Å²) in [6, 6.07) is 1.40. The van der Waals surface area contributed by atoms with E-state index in [1.54, 1.807) is 4.90 Å². The monoisotopic (exact) mass is 481 g/mol. The normalized spacial score (nSPS) is 23.7. The number of nitro groups is 1. The highest BCUT2D eigenvalue weighted by Gasteiger charge is 2.36. The Morgan fingerprint density at radius 1 is 1.24 bits per heavy atom. The fourth-order valence-corrected chi connectivity index (χ4v) is 4.56. The third kappa shape index (κ3) is 6.46. The Labute approximate surface area is 198 Å². The number of hydrogen-bond acceptors (Lipinski definition) is 7. The number of nitrogens with one attached hydrogen (secondary N) is 1. The Kier molecular flexibility index (Phi) is 7.66. The highest BCUT2D eigenvalue weighted by molar-refractivity contribution is 6.29. The standard InChI is InChI=1S/C22H32ClN5O5/c1-14-13-26(21(30)33-22(2,3)4)9-10-27(14)20(29)15-5-7-16(8-6-15)25-17-11-19(23)24-12-18(17)28(31)32/h11-12,14-16H,5-10,13H2,1-4H3,(H,24,25)/t14-,15?,16?/m1/s1. The van der Waals surface area contributed by atoms with Crippen LogP contribution >= 0.6 is 11.6 Å². The number of halogens is 1. The van der Waals surface area contributed by atoms with E-state index in [-0.39, 0.29) is 40.8 Å². The average Bonchev–Trinajstić information content (AvgIpc) is 2.72. The van der Waals surface area contributed by atoms with Crippen LogP contribution in [0.2, 0.25) is 5.15 Å². The van der Waals surface area contributed by atoms with Crippen LogP contribution in [0.5, 0.6) is 0 Å². The van der Waals surface area contributed by atoms with Gasteiger partial charge in [-0.15, -0.1) is 0 Å². The van der Waals surface area contributed by atoms with E-state index in [2.05, 4.69) is 10.3 Å². The summed E-state index contributed by atoms with van der Waals surface area (Å²) in [7, 11) is 0. The van der Waals surface area contributed by atoms with Gasteiger partial charge in [-0.3, -0.25) is 14.9 Å². The summed E-state index contributed by atoms with van der Waals surface area (Å²) >= 11 is 5.91. The molecule has 0 radical (unpaired) electrons. The number of aromatic nitrogens is 1. The van der Waals surface area contributed by atoms with Crippen LogP contribution in [0.4, 0.5) is 16.2 Å². The molecule has 1 N–H and O–H groups in total. The van der Waals surface area contributed by atoms with Crippen LogP contribution in [0.15, 0.2) is 12.3 Å². The quantitative estimate of drug-likeness (QED) is 0.391. The summed E-state index contributed by atoms with van der Waals surface area (Å²) in [5, 5.41) is 14.6. The number of hydrogen-bond donors (Lipinski definition) is 1. The van der Waals surface area contributed by atoms with Gasteiger partial charge in [0, 0.05) is 43.7 Å². The first-order chi connectivity index (χ1) is 15.4. The Balaban J connectivity index is 1.52. The van der Waals surface area contributed by atoms with Crippen molar-refractivity contribution >= 4 is 35.0 Å². The fraction of sp³-hybridized carbons (Fsp3) is 0.682. The van der Waals surface area contributed by atoms with Gasteiger partial charge in [0.25, 0.3) is 0 Å². The number of piperazine rings is 1. The second kappa shape index (κ2) is 10.1. The van der Waals surface area contributed by atoms with Crippen molar-refractivity contribution in [2.45, 2.75) is 71.1 Å². The lowest BCUT2D eigenvalue weighted by Gasteiger charge is -2.42. The number of amides is 2. The van der Waals surface area contributed by atoms with Crippen molar-refractivity contribution in [1.82, 2.24) is 14.8 Å². The predicted molar refractivity (Wildman–Crippen MR) is 124 cm³/mol. The zero-order valence-electron chi connectivity index (χ0n) is 19.5. The van der Waals surface area contributed by atoms with Gasteiger partial charge in [0.2, 0.25) is 5.91 Å². The molecule has 3 rings (SSSR count). The van der Waals surface area contributed by atoms with Crippen LogP contribution in [0.3, 0.4) is 0 Å². The maximum absolute atomic E-state index is 13.2. The molecule has 10 nitrogen and oxygen atoms in total. The predicted octanol–water partition coefficient (Wildman–Crippen LogP) is 4.08. The van der Waals surface area contributed by atoms with Crippen molar-refractivity contribution in [3.63, 3.8) is 0 Å². The Hall–Kier alpha value is -2.62. The molecule has 1 aromatic heterocycles. The smallest absolute Gasteiger partial charge is 0.410 e. The molecule has 1 saturated carbocycles. The molecule has 33 heavy (non-hydrogen) atoms. The molecular formula is C22H32ClN5O5. The van der Waals surface area contributed by atoms with Gasteiger partial charge in [-0.05, 0) is 53.4 Å². The van der Waals surface area contributed by atoms with Gasteiger partial charge in [0.1, 0.15) is 22.6 Å². The highest BCUT2D eigenvalue weighted by atomic mass is 35.5. The molecule has 1 saturated heterocycles. The average molecular weight is 482 g/mol. The first-order valence-corrected chi connectivity index (χ1v) is 11.7. The summed E-state index contributed by atoms with van der Waals surface area (Å²) in [4.78, 5) is 43.6. The Bertz CT molecular complexity index is 898. The van der Waals surface area contributed by atoms with Crippen molar-refractivity contribution < 1.29 is 19.2 Å². The lowest BCUT2D eigenvalue weighted by molar-refractivity contribution is -0.384. The van der Waals surface area contributed by atoms with E-state index in [0.717, 1.165) is 19.0 Å². The molecule has 1 aliphatic carbocycles. The zero-order valence-corrected chi connectivity index (χ0v) is 20.3. The lowest BCUT2D eigenvalue weighted by atomic mass is 9.84. The molecule has 0 unspecified atom stereocenters. The third-order valence-corrected chi connectivity index (χ3v) is 6.25. The minimum Gasteiger partial charge on any atom is -0.444 e. The van der Waals surface area contributed by atoms with Crippen LogP contribution in [-0.4, -0.2) is 69.0 Å². The second-order valence-corrected chi connectivity index (χ2v) is 10.2. The van der Waals surface area contributed by atoms with Crippen molar-refractivity contribution in [2.24, 2.45) is 5.92 Å². The number of carbonyl (C=O) groups is 2. The second-order valence-electron chi connectivity index (χ2n) is 9.78. The van der Waals surface area contributed by atoms with Crippen LogP contribution in [-0.2, 0) is 9.53 Å². The Morgan fingerprint density at radius 3 is 2.48 bits per heavy atom. The van der Waals surface area contributed by atoms with E-state index in [4.69, 9.17) is 16.3 Å². The summed E-state index contributed by atoms with van der Waals surface area (Å²) in [6.45, 7) is 8.84. The molecule has 2 amide bonds. The van der Waals surface area contributed by atoms with E-state index in [1.807, 2.05) is 32.6 Å². The minimum atomic E-state index is -0.554. The third-order valence-electron chi connectivity index (χ3n) is 6.04. The number of rotatable bonds is 4. The van der Waals surface area contributed by atoms with Gasteiger partial charge >= 0.3 is 11.8 Å². The van der Waals surface area contributed by atoms with Crippen molar-refractivity contribution in [3.8, 4) is 0 Å². The molecule has 2 fully saturated rings. The molecular weight excluding hydrogens is 450 g/mol. The number of carbonyl (C=O) groups excluding carboxylic acids is 2. The van der Waals surface area contributed by atoms with Crippen LogP contribution in [0.25, 0.3) is 0 Å². The van der Waals surface area contributed by atoms with Gasteiger partial charge in [-0.1, -0.05) is 11.6 Å². The summed E-state index contributed by atoms with van der Waals surface area (Å²) in [6.07, 6.45) is 3.64. The van der Waals surface area contributed by atoms with Crippen molar-refractivity contribution in [1.29, 1.82) is 0 Å². The van der Waals surface area contributed by atoms with Crippen LogP contribution < -0.4 is 5.32 Å². The van der Waals surface area contributed by atoms with E-state index in [9.17, 15) is 19.7 Å². The van der Waals surface area contributed by atoms with Crippen LogP contribution in [0, 0.1) is 16.0 Å². The SMILES string of the molecule is C[C@@H]1CN(C(=O)OC(C)(C)C)CCN1C(=O)C1CCC(Nc2cc(Cl)ncc2[N+](=O)[O-])CC1. The Morgan fingerprint density at radius 2 is 1.91 bits per heavy atom. The maximum atomic E-state index is 13.2. The molecule has 2 heterocycles. The first kappa shape index (κ1) is 25.0. The van der Waals surface area contributed by atoms with Crippen LogP contribution in [0.1, 0.15) is 53.4 Å². The molecule has 0 bridgehead atoms. The van der Waals surface area contributed by atoms with E-state index in [1.165, 1.54) is 6.07 Å². The largest absolute Gasteiger partial charge is 0.444 e. The first-order valence-electron chi connectivity index (χ1n) is 11.3. The summed E-state index contributed by atoms with van der Waals surface area (Å²) in [5.74, 6) is 0.0253. The molecule has 0 aromatic carbocycles. The maximum Gasteiger partial charge on any atom is 0.410 e. The zero-order chi connectivity index (χ0) is 24.3. The number of pyridine rings is 1. The molecule has 1 aliphatic heterocycles. The van der Waals surface area contributed by atoms with Gasteiger partial charge < -0.3 is 19.9 Å². The van der Waals surface area contributed by atoms with E-state index in [0.29, 0.717) is 38.2 Å². The molecule has 11 heteroatoms. The van der Waals surface area contributed by atoms with Gasteiger partial charge in [0.15, 0.2) is 0 Å². The summed E-state index contributed by atoms with van der Waals surface area (Å²) < 4.78 is 5.45. The van der Waals surface area contributed by atoms with Gasteiger partial charge in [-0.2, -0.15) is 0 Å². The number of anilines is 1.